The van der Waals surface area contributed by atoms with Crippen LogP contribution in [0.5, 0.6) is 0 Å². The fourth-order valence-corrected chi connectivity index (χ4v) is 3.08. The lowest BCUT2D eigenvalue weighted by atomic mass is 9.93. The van der Waals surface area contributed by atoms with Crippen molar-refractivity contribution in [3.63, 3.8) is 0 Å². The Bertz CT molecular complexity index is 1120. The summed E-state index contributed by atoms with van der Waals surface area (Å²) in [5.74, 6) is -3.64. The summed E-state index contributed by atoms with van der Waals surface area (Å²) >= 11 is 0. The molecule has 2 aliphatic heterocycles. The summed E-state index contributed by atoms with van der Waals surface area (Å²) in [4.78, 5) is 59.9. The highest BCUT2D eigenvalue weighted by Crippen LogP contribution is 2.29. The van der Waals surface area contributed by atoms with E-state index < -0.39 is 29.7 Å². The molecule has 0 saturated carbocycles. The lowest BCUT2D eigenvalue weighted by Gasteiger charge is -2.06. The van der Waals surface area contributed by atoms with Crippen LogP contribution in [0.1, 0.15) is 69.8 Å². The van der Waals surface area contributed by atoms with Gasteiger partial charge in [-0.15, -0.1) is 0 Å². The molecule has 0 saturated heterocycles. The lowest BCUT2D eigenvalue weighted by Crippen LogP contribution is -2.07. The van der Waals surface area contributed by atoms with E-state index in [0.29, 0.717) is 5.56 Å². The Morgan fingerprint density at radius 3 is 2.15 bits per heavy atom. The van der Waals surface area contributed by atoms with E-state index in [1.165, 1.54) is 30.3 Å². The molecule has 0 amide bonds. The van der Waals surface area contributed by atoms with Crippen molar-refractivity contribution >= 4 is 35.7 Å². The molecule has 0 spiro atoms. The summed E-state index contributed by atoms with van der Waals surface area (Å²) in [7, 11) is 0. The smallest absolute Gasteiger partial charge is 0.347 e. The third-order valence-electron chi connectivity index (χ3n) is 4.29. The Labute approximate surface area is 152 Å². The molecule has 27 heavy (non-hydrogen) atoms. The molecule has 7 heteroatoms. The lowest BCUT2D eigenvalue weighted by molar-refractivity contribution is 0.0425. The van der Waals surface area contributed by atoms with Crippen molar-refractivity contribution in [2.45, 2.75) is 6.92 Å². The van der Waals surface area contributed by atoms with E-state index in [9.17, 15) is 24.0 Å². The van der Waals surface area contributed by atoms with Crippen LogP contribution in [0, 0.1) is 0 Å². The molecule has 4 rings (SSSR count). The molecule has 132 valence electrons. The summed E-state index contributed by atoms with van der Waals surface area (Å²) in [5.41, 5.74) is 0.887. The monoisotopic (exact) mass is 362 g/mol. The Morgan fingerprint density at radius 1 is 0.778 bits per heavy atom. The maximum absolute atomic E-state index is 12.9. The van der Waals surface area contributed by atoms with E-state index in [4.69, 9.17) is 0 Å². The fourth-order valence-electron chi connectivity index (χ4n) is 3.08. The average Bonchev–Trinajstić information content (AvgIpc) is 3.10. The molecule has 0 aromatic heterocycles. The van der Waals surface area contributed by atoms with Crippen LogP contribution in [0.15, 0.2) is 36.4 Å². The standard InChI is InChI=1S/C20H10O7/c1-2-3-9-6-11(8-14-15(9)20(25)27-19(14)24)16(21)10-4-5-12-13(7-10)18(23)26-17(12)22/h2-8H,1H3/b3-2+. The number of allylic oxidation sites excluding steroid dienone is 1. The van der Waals surface area contributed by atoms with E-state index >= 15 is 0 Å². The maximum Gasteiger partial charge on any atom is 0.347 e. The van der Waals surface area contributed by atoms with Crippen molar-refractivity contribution in [2.75, 3.05) is 0 Å². The Hall–Kier alpha value is -3.87. The zero-order valence-electron chi connectivity index (χ0n) is 13.9. The third kappa shape index (κ3) is 2.48. The Morgan fingerprint density at radius 2 is 1.41 bits per heavy atom. The van der Waals surface area contributed by atoms with Crippen molar-refractivity contribution in [2.24, 2.45) is 0 Å². The minimum Gasteiger partial charge on any atom is -0.386 e. The summed E-state index contributed by atoms with van der Waals surface area (Å²) in [6.45, 7) is 1.73. The van der Waals surface area contributed by atoms with Crippen molar-refractivity contribution in [1.29, 1.82) is 0 Å². The van der Waals surface area contributed by atoms with E-state index in [0.717, 1.165) is 0 Å². The maximum atomic E-state index is 12.9. The van der Waals surface area contributed by atoms with E-state index in [1.54, 1.807) is 19.1 Å². The van der Waals surface area contributed by atoms with Crippen LogP contribution in [0.25, 0.3) is 6.08 Å². The van der Waals surface area contributed by atoms with Gasteiger partial charge in [-0.3, -0.25) is 4.79 Å². The number of hydrogen-bond acceptors (Lipinski definition) is 7. The van der Waals surface area contributed by atoms with Gasteiger partial charge in [0.25, 0.3) is 0 Å². The van der Waals surface area contributed by atoms with Crippen LogP contribution in [0.4, 0.5) is 0 Å². The molecular weight excluding hydrogens is 352 g/mol. The largest absolute Gasteiger partial charge is 0.386 e. The van der Waals surface area contributed by atoms with Gasteiger partial charge in [-0.05, 0) is 36.8 Å². The van der Waals surface area contributed by atoms with E-state index in [1.807, 2.05) is 0 Å². The van der Waals surface area contributed by atoms with Crippen molar-refractivity contribution in [1.82, 2.24) is 0 Å². The number of carbonyl (C=O) groups is 5. The first-order chi connectivity index (χ1) is 12.9. The number of benzene rings is 2. The zero-order chi connectivity index (χ0) is 19.3. The first-order valence-corrected chi connectivity index (χ1v) is 7.93. The van der Waals surface area contributed by atoms with Gasteiger partial charge >= 0.3 is 23.9 Å². The number of cyclic esters (lactones) is 4. The molecule has 2 aromatic rings. The van der Waals surface area contributed by atoms with Gasteiger partial charge in [0, 0.05) is 11.1 Å². The van der Waals surface area contributed by atoms with Gasteiger partial charge in [0.05, 0.1) is 22.3 Å². The molecule has 2 aliphatic rings. The van der Waals surface area contributed by atoms with Crippen LogP contribution >= 0.6 is 0 Å². The Balaban J connectivity index is 1.83. The Kier molecular flexibility index (Phi) is 3.59. The predicted octanol–water partition coefficient (Wildman–Crippen LogP) is 2.57. The number of hydrogen-bond donors (Lipinski definition) is 0. The van der Waals surface area contributed by atoms with Crippen molar-refractivity contribution in [3.8, 4) is 0 Å². The highest BCUT2D eigenvalue weighted by Gasteiger charge is 2.34. The minimum absolute atomic E-state index is 0.00898. The van der Waals surface area contributed by atoms with E-state index in [2.05, 4.69) is 9.47 Å². The number of carbonyl (C=O) groups excluding carboxylic acids is 5. The first-order valence-electron chi connectivity index (χ1n) is 7.93. The SMILES string of the molecule is C/C=C/c1cc(C(=O)c2ccc3c(c2)C(=O)OC3=O)cc2c1C(=O)OC2=O. The summed E-state index contributed by atoms with van der Waals surface area (Å²) in [6, 6.07) is 6.77. The second kappa shape index (κ2) is 5.84. The van der Waals surface area contributed by atoms with Gasteiger partial charge in [0.1, 0.15) is 0 Å². The summed E-state index contributed by atoms with van der Waals surface area (Å²) in [6.07, 6.45) is 3.26. The first kappa shape index (κ1) is 16.6. The van der Waals surface area contributed by atoms with Crippen molar-refractivity contribution in [3.05, 3.63) is 75.4 Å². The zero-order valence-corrected chi connectivity index (χ0v) is 13.9. The van der Waals surface area contributed by atoms with Crippen LogP contribution < -0.4 is 0 Å². The predicted molar refractivity (Wildman–Crippen MR) is 90.5 cm³/mol. The molecule has 0 atom stereocenters. The van der Waals surface area contributed by atoms with Crippen LogP contribution in [0.3, 0.4) is 0 Å². The van der Waals surface area contributed by atoms with Crippen LogP contribution in [0.2, 0.25) is 0 Å². The normalized spacial score (nSPS) is 15.0. The average molecular weight is 362 g/mol. The second-order valence-corrected chi connectivity index (χ2v) is 5.93. The molecule has 0 radical (unpaired) electrons. The molecule has 0 fully saturated rings. The molecule has 0 aliphatic carbocycles. The number of esters is 4. The second-order valence-electron chi connectivity index (χ2n) is 5.93. The molecule has 7 nitrogen and oxygen atoms in total. The van der Waals surface area contributed by atoms with Gasteiger partial charge < -0.3 is 9.47 Å². The van der Waals surface area contributed by atoms with Gasteiger partial charge in [-0.25, -0.2) is 19.2 Å². The topological polar surface area (TPSA) is 104 Å². The number of rotatable bonds is 3. The summed E-state index contributed by atoms with van der Waals surface area (Å²) in [5, 5.41) is 0. The molecule has 0 N–H and O–H groups in total. The van der Waals surface area contributed by atoms with Gasteiger partial charge in [0.2, 0.25) is 0 Å². The molecule has 0 unspecified atom stereocenters. The van der Waals surface area contributed by atoms with Crippen LogP contribution in [-0.2, 0) is 9.47 Å². The van der Waals surface area contributed by atoms with Crippen LogP contribution in [-0.4, -0.2) is 29.7 Å². The van der Waals surface area contributed by atoms with Gasteiger partial charge in [-0.1, -0.05) is 18.2 Å². The highest BCUT2D eigenvalue weighted by molar-refractivity contribution is 6.20. The molecule has 0 bridgehead atoms. The summed E-state index contributed by atoms with van der Waals surface area (Å²) < 4.78 is 9.14. The van der Waals surface area contributed by atoms with E-state index in [-0.39, 0.29) is 33.4 Å². The number of fused-ring (bicyclic) bond motifs is 2. The van der Waals surface area contributed by atoms with Gasteiger partial charge in [0.15, 0.2) is 5.78 Å². The minimum atomic E-state index is -0.821. The number of ketones is 1. The fraction of sp³-hybridized carbons (Fsp3) is 0.0500. The third-order valence-corrected chi connectivity index (χ3v) is 4.29. The quantitative estimate of drug-likeness (QED) is 0.469. The van der Waals surface area contributed by atoms with Crippen molar-refractivity contribution < 1.29 is 33.4 Å². The molecule has 2 heterocycles. The number of ether oxygens (including phenoxy) is 2. The highest BCUT2D eigenvalue weighted by atomic mass is 16.6. The molecular formula is C20H10O7. The van der Waals surface area contributed by atoms with Gasteiger partial charge in [-0.2, -0.15) is 0 Å². The molecule has 2 aromatic carbocycles.